The number of nitrogens with two attached hydrogens (primary N) is 1. The van der Waals surface area contributed by atoms with Gasteiger partial charge in [-0.15, -0.1) is 0 Å². The van der Waals surface area contributed by atoms with Gasteiger partial charge in [0.05, 0.1) is 18.8 Å². The molecule has 110 valence electrons. The Balaban J connectivity index is 2.30. The average molecular weight is 286 g/mol. The molecule has 0 radical (unpaired) electrons. The average Bonchev–Trinajstić information content (AvgIpc) is 2.55. The number of aliphatic hydroxyl groups is 1. The van der Waals surface area contributed by atoms with E-state index < -0.39 is 0 Å². The first-order valence-electron chi connectivity index (χ1n) is 6.79. The first-order valence-corrected chi connectivity index (χ1v) is 6.79. The number of hydrogen-bond donors (Lipinski definition) is 2. The molecule has 0 aliphatic heterocycles. The molecule has 0 aliphatic carbocycles. The molecule has 0 saturated heterocycles. The molecule has 5 heteroatoms. The van der Waals surface area contributed by atoms with Gasteiger partial charge >= 0.3 is 0 Å². The molecular weight excluding hydrogens is 268 g/mol. The van der Waals surface area contributed by atoms with E-state index in [0.29, 0.717) is 42.1 Å². The van der Waals surface area contributed by atoms with E-state index in [1.165, 1.54) is 0 Å². The Bertz CT molecular complexity index is 614. The Morgan fingerprint density at radius 1 is 1.19 bits per heavy atom. The lowest BCUT2D eigenvalue weighted by Gasteiger charge is -2.10. The van der Waals surface area contributed by atoms with E-state index in [2.05, 4.69) is 4.98 Å². The van der Waals surface area contributed by atoms with Crippen LogP contribution in [0.5, 0.6) is 5.88 Å². The first kappa shape index (κ1) is 15.2. The highest BCUT2D eigenvalue weighted by Crippen LogP contribution is 2.21. The predicted octanol–water partition coefficient (Wildman–Crippen LogP) is 1.53. The van der Waals surface area contributed by atoms with Crippen LogP contribution in [-0.2, 0) is 6.61 Å². The Morgan fingerprint density at radius 3 is 2.71 bits per heavy atom. The van der Waals surface area contributed by atoms with Gasteiger partial charge in [0, 0.05) is 11.8 Å². The van der Waals surface area contributed by atoms with Crippen LogP contribution < -0.4 is 10.5 Å². The number of aromatic nitrogens is 1. The van der Waals surface area contributed by atoms with E-state index in [1.807, 2.05) is 0 Å². The van der Waals surface area contributed by atoms with Crippen molar-refractivity contribution >= 4 is 5.78 Å². The molecule has 3 N–H and O–H groups in total. The summed E-state index contributed by atoms with van der Waals surface area (Å²) >= 11 is 0. The van der Waals surface area contributed by atoms with Crippen LogP contribution in [-0.4, -0.2) is 29.0 Å². The minimum absolute atomic E-state index is 0.189. The molecule has 0 unspecified atom stereocenters. The maximum atomic E-state index is 12.6. The summed E-state index contributed by atoms with van der Waals surface area (Å²) in [6, 6.07) is 10.3. The van der Waals surface area contributed by atoms with E-state index in [9.17, 15) is 9.90 Å². The van der Waals surface area contributed by atoms with Crippen molar-refractivity contribution in [3.05, 3.63) is 59.3 Å². The molecule has 0 bridgehead atoms. The second-order valence-corrected chi connectivity index (χ2v) is 4.49. The van der Waals surface area contributed by atoms with Crippen LogP contribution in [0.1, 0.15) is 27.9 Å². The number of ether oxygens (including phenoxy) is 1. The van der Waals surface area contributed by atoms with Crippen molar-refractivity contribution in [3.63, 3.8) is 0 Å². The number of benzene rings is 1. The van der Waals surface area contributed by atoms with Crippen molar-refractivity contribution in [2.45, 2.75) is 13.0 Å². The molecule has 1 aromatic heterocycles. The van der Waals surface area contributed by atoms with Gasteiger partial charge in [0.25, 0.3) is 0 Å². The lowest BCUT2D eigenvalue weighted by Crippen LogP contribution is -2.11. The van der Waals surface area contributed by atoms with Gasteiger partial charge in [-0.25, -0.2) is 4.98 Å². The summed E-state index contributed by atoms with van der Waals surface area (Å²) in [7, 11) is 0. The number of rotatable bonds is 7. The zero-order chi connectivity index (χ0) is 15.1. The van der Waals surface area contributed by atoms with Gasteiger partial charge in [-0.2, -0.15) is 0 Å². The summed E-state index contributed by atoms with van der Waals surface area (Å²) < 4.78 is 5.52. The van der Waals surface area contributed by atoms with Crippen molar-refractivity contribution in [1.29, 1.82) is 0 Å². The smallest absolute Gasteiger partial charge is 0.224 e. The van der Waals surface area contributed by atoms with E-state index in [4.69, 9.17) is 10.5 Å². The quantitative estimate of drug-likeness (QED) is 0.595. The number of carbonyl (C=O) groups excluding carboxylic acids is 1. The van der Waals surface area contributed by atoms with E-state index in [1.54, 1.807) is 42.6 Å². The van der Waals surface area contributed by atoms with Gasteiger partial charge < -0.3 is 15.6 Å². The van der Waals surface area contributed by atoms with Crippen LogP contribution in [0.3, 0.4) is 0 Å². The van der Waals surface area contributed by atoms with E-state index >= 15 is 0 Å². The normalized spacial score (nSPS) is 10.4. The van der Waals surface area contributed by atoms with Crippen LogP contribution in [0, 0.1) is 0 Å². The van der Waals surface area contributed by atoms with Gasteiger partial charge in [0.1, 0.15) is 0 Å². The van der Waals surface area contributed by atoms with Gasteiger partial charge in [0.2, 0.25) is 5.88 Å². The number of nitrogens with zero attached hydrogens (tertiary/aromatic N) is 1. The van der Waals surface area contributed by atoms with Crippen LogP contribution in [0.4, 0.5) is 0 Å². The molecule has 0 aliphatic rings. The third-order valence-corrected chi connectivity index (χ3v) is 3.04. The highest BCUT2D eigenvalue weighted by atomic mass is 16.5. The molecule has 1 aromatic carbocycles. The Kier molecular flexibility index (Phi) is 5.43. The molecule has 0 spiro atoms. The number of ketones is 1. The van der Waals surface area contributed by atoms with Gasteiger partial charge in [-0.05, 0) is 30.7 Å². The first-order chi connectivity index (χ1) is 10.3. The van der Waals surface area contributed by atoms with Crippen LogP contribution >= 0.6 is 0 Å². The van der Waals surface area contributed by atoms with Crippen molar-refractivity contribution in [1.82, 2.24) is 4.98 Å². The van der Waals surface area contributed by atoms with Crippen molar-refractivity contribution in [3.8, 4) is 5.88 Å². The number of hydrogen-bond acceptors (Lipinski definition) is 5. The summed E-state index contributed by atoms with van der Waals surface area (Å²) in [6.07, 6.45) is 2.27. The second-order valence-electron chi connectivity index (χ2n) is 4.49. The van der Waals surface area contributed by atoms with Crippen LogP contribution in [0.25, 0.3) is 0 Å². The van der Waals surface area contributed by atoms with Crippen molar-refractivity contribution < 1.29 is 14.6 Å². The molecule has 1 heterocycles. The molecule has 0 fully saturated rings. The van der Waals surface area contributed by atoms with Gasteiger partial charge in [0.15, 0.2) is 5.78 Å². The molecule has 2 rings (SSSR count). The SMILES string of the molecule is NCCCOc1ncccc1C(=O)c1ccccc1CO. The monoisotopic (exact) mass is 286 g/mol. The zero-order valence-corrected chi connectivity index (χ0v) is 11.7. The van der Waals surface area contributed by atoms with Crippen LogP contribution in [0.2, 0.25) is 0 Å². The Hall–Kier alpha value is -2.24. The number of aliphatic hydroxyl groups excluding tert-OH is 1. The van der Waals surface area contributed by atoms with Crippen molar-refractivity contribution in [2.24, 2.45) is 5.73 Å². The topological polar surface area (TPSA) is 85.4 Å². The molecule has 0 amide bonds. The summed E-state index contributed by atoms with van der Waals surface area (Å²) in [4.78, 5) is 16.7. The standard InChI is InChI=1S/C16H18N2O3/c17-8-4-10-21-16-14(7-3-9-18-16)15(20)13-6-2-1-5-12(13)11-19/h1-3,5-7,9,19H,4,8,10-11,17H2. The van der Waals surface area contributed by atoms with Crippen LogP contribution in [0.15, 0.2) is 42.6 Å². The third kappa shape index (κ3) is 3.65. The number of pyridine rings is 1. The largest absolute Gasteiger partial charge is 0.477 e. The lowest BCUT2D eigenvalue weighted by atomic mass is 9.99. The minimum Gasteiger partial charge on any atom is -0.477 e. The Morgan fingerprint density at radius 2 is 1.95 bits per heavy atom. The van der Waals surface area contributed by atoms with E-state index in [-0.39, 0.29) is 12.4 Å². The fraction of sp³-hybridized carbons (Fsp3) is 0.250. The fourth-order valence-corrected chi connectivity index (χ4v) is 1.96. The molecule has 21 heavy (non-hydrogen) atoms. The highest BCUT2D eigenvalue weighted by Gasteiger charge is 2.17. The fourth-order valence-electron chi connectivity index (χ4n) is 1.96. The molecule has 5 nitrogen and oxygen atoms in total. The van der Waals surface area contributed by atoms with Crippen molar-refractivity contribution in [2.75, 3.05) is 13.2 Å². The minimum atomic E-state index is -0.213. The lowest BCUT2D eigenvalue weighted by molar-refractivity contribution is 0.103. The predicted molar refractivity (Wildman–Crippen MR) is 79.2 cm³/mol. The maximum Gasteiger partial charge on any atom is 0.224 e. The molecule has 0 atom stereocenters. The second kappa shape index (κ2) is 7.52. The molecule has 0 saturated carbocycles. The Labute approximate surface area is 123 Å². The van der Waals surface area contributed by atoms with E-state index in [0.717, 1.165) is 0 Å². The summed E-state index contributed by atoms with van der Waals surface area (Å²) in [6.45, 7) is 0.741. The van der Waals surface area contributed by atoms with Gasteiger partial charge in [-0.3, -0.25) is 4.79 Å². The third-order valence-electron chi connectivity index (χ3n) is 3.04. The summed E-state index contributed by atoms with van der Waals surface area (Å²) in [5.74, 6) is 0.0826. The zero-order valence-electron chi connectivity index (χ0n) is 11.7. The van der Waals surface area contributed by atoms with Gasteiger partial charge in [-0.1, -0.05) is 24.3 Å². The number of carbonyl (C=O) groups is 1. The molecule has 2 aromatic rings. The summed E-state index contributed by atoms with van der Waals surface area (Å²) in [5.41, 5.74) is 6.85. The highest BCUT2D eigenvalue weighted by molar-refractivity contribution is 6.11. The maximum absolute atomic E-state index is 12.6. The summed E-state index contributed by atoms with van der Waals surface area (Å²) in [5, 5.41) is 9.34. The molecular formula is C16H18N2O3.